The highest BCUT2D eigenvalue weighted by molar-refractivity contribution is 7.92. The summed E-state index contributed by atoms with van der Waals surface area (Å²) < 4.78 is 40.3. The number of nitrogens with one attached hydrogen (secondary N) is 1. The topological polar surface area (TPSA) is 110 Å². The number of amides is 1. The van der Waals surface area contributed by atoms with E-state index in [1.165, 1.54) is 5.56 Å². The van der Waals surface area contributed by atoms with Gasteiger partial charge in [-0.05, 0) is 99.2 Å². The second-order valence-electron chi connectivity index (χ2n) is 13.4. The van der Waals surface area contributed by atoms with Crippen molar-refractivity contribution in [3.63, 3.8) is 0 Å². The molecule has 1 saturated carbocycles. The third-order valence-corrected chi connectivity index (χ3v) is 11.5. The van der Waals surface area contributed by atoms with E-state index in [9.17, 15) is 14.1 Å². The number of aliphatic hydroxyl groups excluding tert-OH is 1. The van der Waals surface area contributed by atoms with E-state index in [1.807, 2.05) is 36.4 Å². The van der Waals surface area contributed by atoms with Crippen molar-refractivity contribution in [2.45, 2.75) is 89.2 Å². The van der Waals surface area contributed by atoms with E-state index in [0.717, 1.165) is 56.4 Å². The van der Waals surface area contributed by atoms with Crippen LogP contribution in [-0.4, -0.2) is 60.0 Å². The van der Waals surface area contributed by atoms with Crippen LogP contribution in [0.3, 0.4) is 0 Å². The zero-order valence-electron chi connectivity index (χ0n) is 27.5. The van der Waals surface area contributed by atoms with Crippen molar-refractivity contribution in [2.24, 2.45) is 22.1 Å². The summed E-state index contributed by atoms with van der Waals surface area (Å²) >= 11 is 6.36. The first kappa shape index (κ1) is 34.7. The lowest BCUT2D eigenvalue weighted by Gasteiger charge is -2.43. The number of benzene rings is 2. The minimum Gasteiger partial charge on any atom is -0.487 e. The number of carbonyl (C=O) groups excluding carboxylic acids is 1. The fraction of sp³-hybridized carbons (Fsp3) is 0.571. The molecule has 1 amide bonds. The number of ether oxygens (including phenoxy) is 3. The average molecular weight is 674 g/mol. The van der Waals surface area contributed by atoms with Crippen molar-refractivity contribution < 1.29 is 28.3 Å². The van der Waals surface area contributed by atoms with Crippen molar-refractivity contribution in [2.75, 3.05) is 31.7 Å². The number of hydrogen-bond acceptors (Lipinski definition) is 8. The van der Waals surface area contributed by atoms with E-state index in [2.05, 4.69) is 14.0 Å². The third kappa shape index (κ3) is 7.90. The largest absolute Gasteiger partial charge is 0.487 e. The molecule has 2 heterocycles. The van der Waals surface area contributed by atoms with Gasteiger partial charge in [0.05, 0.1) is 23.3 Å². The lowest BCUT2D eigenvalue weighted by molar-refractivity contribution is -0.122. The molecule has 5 atom stereocenters. The van der Waals surface area contributed by atoms with Crippen molar-refractivity contribution in [3.8, 4) is 5.75 Å². The molecule has 1 fully saturated rings. The molecule has 0 saturated heterocycles. The number of aryl methyl sites for hydroxylation is 1. The lowest BCUT2D eigenvalue weighted by atomic mass is 9.70. The molecule has 2 bridgehead atoms. The molecular weight excluding hydrogens is 626 g/mol. The molecule has 252 valence electrons. The van der Waals surface area contributed by atoms with Gasteiger partial charge in [-0.25, -0.2) is 4.21 Å². The molecule has 0 aromatic heterocycles. The Morgan fingerprint density at radius 3 is 2.70 bits per heavy atom. The highest BCUT2D eigenvalue weighted by atomic mass is 35.5. The number of aliphatic hydroxyl groups is 1. The van der Waals surface area contributed by atoms with Crippen LogP contribution in [0, 0.1) is 17.8 Å². The summed E-state index contributed by atoms with van der Waals surface area (Å²) in [6, 6.07) is 11.2. The Morgan fingerprint density at radius 1 is 1.17 bits per heavy atom. The van der Waals surface area contributed by atoms with Crippen molar-refractivity contribution in [1.82, 2.24) is 4.72 Å². The van der Waals surface area contributed by atoms with E-state index < -0.39 is 33.6 Å². The van der Waals surface area contributed by atoms with E-state index in [0.29, 0.717) is 29.2 Å². The Morgan fingerprint density at radius 2 is 1.98 bits per heavy atom. The van der Waals surface area contributed by atoms with Gasteiger partial charge in [-0.2, -0.15) is 4.36 Å². The molecule has 0 spiro atoms. The standard InChI is InChI=1S/C35H48ClN3O6S/c1-23(2)33(40)37-46(42)28-14-16-32-30(20-28)39(17-7-6-9-24-19-27(36)13-11-26(24)22-44-32)21-25-12-15-29(25)31(43-5)10-8-18-45-35(3,4)34(41)38-46/h8,10-11,13-14,16,19-20,23,25,29,31,34,41H,6-7,9,12,15,17-18,21-22H2,1-5H3,(H,37,38,40,42)/b10-8+/t25-,29+,31-,34?,46?/m0/s1. The van der Waals surface area contributed by atoms with Gasteiger partial charge in [-0.3, -0.25) is 9.52 Å². The first-order valence-corrected chi connectivity index (χ1v) is 18.2. The SMILES string of the molecule is CO[C@H]1/C=C/COC(C)(C)C(O)N=S(=O)(NC(=O)C(C)C)c2ccc3c(c2)N(CCCCc2cc(Cl)ccc2CO3)C[C@@H]2CC[C@H]21. The van der Waals surface area contributed by atoms with Crippen molar-refractivity contribution in [1.29, 1.82) is 0 Å². The maximum Gasteiger partial charge on any atom is 0.235 e. The van der Waals surface area contributed by atoms with E-state index in [1.54, 1.807) is 46.9 Å². The van der Waals surface area contributed by atoms with E-state index >= 15 is 0 Å². The minimum absolute atomic E-state index is 0.0665. The number of methoxy groups -OCH3 is 1. The molecule has 2 aliphatic heterocycles. The van der Waals surface area contributed by atoms with Gasteiger partial charge in [-0.15, -0.1) is 0 Å². The average Bonchev–Trinajstić information content (AvgIpc) is 3.03. The van der Waals surface area contributed by atoms with Crippen LogP contribution in [0.15, 0.2) is 57.8 Å². The summed E-state index contributed by atoms with van der Waals surface area (Å²) in [4.78, 5) is 15.6. The van der Waals surface area contributed by atoms with Crippen LogP contribution in [0.4, 0.5) is 5.69 Å². The molecule has 0 radical (unpaired) electrons. The number of halogens is 1. The summed E-state index contributed by atoms with van der Waals surface area (Å²) in [6.07, 6.45) is 7.29. The summed E-state index contributed by atoms with van der Waals surface area (Å²) in [5, 5.41) is 12.0. The molecule has 3 aliphatic rings. The maximum absolute atomic E-state index is 14.8. The Labute approximate surface area is 278 Å². The van der Waals surface area contributed by atoms with Gasteiger partial charge in [0.2, 0.25) is 5.91 Å². The molecule has 5 rings (SSSR count). The summed E-state index contributed by atoms with van der Waals surface area (Å²) in [5.41, 5.74) is 1.83. The first-order chi connectivity index (χ1) is 21.9. The zero-order chi connectivity index (χ0) is 33.1. The Hall–Kier alpha value is -2.63. The fourth-order valence-electron chi connectivity index (χ4n) is 6.22. The van der Waals surface area contributed by atoms with Gasteiger partial charge in [0.1, 0.15) is 18.0 Å². The normalized spacial score (nSPS) is 29.1. The Balaban J connectivity index is 1.65. The summed E-state index contributed by atoms with van der Waals surface area (Å²) in [6.45, 7) is 8.91. The smallest absolute Gasteiger partial charge is 0.235 e. The number of carbonyl (C=O) groups is 1. The van der Waals surface area contributed by atoms with Crippen LogP contribution in [0.1, 0.15) is 64.5 Å². The third-order valence-electron chi connectivity index (χ3n) is 9.40. The lowest BCUT2D eigenvalue weighted by Crippen LogP contribution is -2.44. The molecule has 46 heavy (non-hydrogen) atoms. The Bertz CT molecular complexity index is 1550. The van der Waals surface area contributed by atoms with Crippen LogP contribution < -0.4 is 14.4 Å². The van der Waals surface area contributed by atoms with Crippen LogP contribution >= 0.6 is 11.6 Å². The van der Waals surface area contributed by atoms with E-state index in [4.69, 9.17) is 25.8 Å². The first-order valence-electron chi connectivity index (χ1n) is 16.3. The number of hydrogen-bond donors (Lipinski definition) is 2. The second-order valence-corrected chi connectivity index (χ2v) is 15.8. The number of nitrogens with zero attached hydrogens (tertiary/aromatic N) is 2. The summed E-state index contributed by atoms with van der Waals surface area (Å²) in [5.74, 6) is 0.467. The van der Waals surface area contributed by atoms with Crippen LogP contribution in [0.2, 0.25) is 5.02 Å². The van der Waals surface area contributed by atoms with Gasteiger partial charge < -0.3 is 24.2 Å². The minimum atomic E-state index is -3.64. The van der Waals surface area contributed by atoms with Gasteiger partial charge in [-0.1, -0.05) is 43.7 Å². The number of rotatable bonds is 3. The van der Waals surface area contributed by atoms with Gasteiger partial charge >= 0.3 is 0 Å². The number of anilines is 1. The molecule has 2 aromatic carbocycles. The fourth-order valence-corrected chi connectivity index (χ4v) is 8.27. The van der Waals surface area contributed by atoms with Crippen LogP contribution in [0.5, 0.6) is 5.75 Å². The molecule has 1 aliphatic carbocycles. The molecule has 2 unspecified atom stereocenters. The van der Waals surface area contributed by atoms with Gasteiger partial charge in [0.15, 0.2) is 16.1 Å². The molecule has 11 heteroatoms. The second kappa shape index (κ2) is 14.6. The van der Waals surface area contributed by atoms with Gasteiger partial charge in [0, 0.05) is 31.1 Å². The summed E-state index contributed by atoms with van der Waals surface area (Å²) in [7, 11) is -1.90. The van der Waals surface area contributed by atoms with Crippen molar-refractivity contribution in [3.05, 3.63) is 64.7 Å². The zero-order valence-corrected chi connectivity index (χ0v) is 29.1. The monoisotopic (exact) mass is 673 g/mol. The molecule has 2 aromatic rings. The highest BCUT2D eigenvalue weighted by Gasteiger charge is 2.38. The molecule has 9 nitrogen and oxygen atoms in total. The quantitative estimate of drug-likeness (QED) is 0.368. The van der Waals surface area contributed by atoms with Crippen LogP contribution in [-0.2, 0) is 37.2 Å². The highest BCUT2D eigenvalue weighted by Crippen LogP contribution is 2.42. The maximum atomic E-state index is 14.8. The van der Waals surface area contributed by atoms with E-state index in [-0.39, 0.29) is 17.6 Å². The predicted octanol–water partition coefficient (Wildman–Crippen LogP) is 6.30. The Kier molecular flexibility index (Phi) is 11.0. The van der Waals surface area contributed by atoms with Gasteiger partial charge in [0.25, 0.3) is 0 Å². The molecular formula is C35H48ClN3O6S. The van der Waals surface area contributed by atoms with Crippen molar-refractivity contribution >= 4 is 33.1 Å². The van der Waals surface area contributed by atoms with Crippen LogP contribution in [0.25, 0.3) is 0 Å². The molecule has 2 N–H and O–H groups in total. The predicted molar refractivity (Wildman–Crippen MR) is 181 cm³/mol. The number of fused-ring (bicyclic) bond motifs is 3.